The lowest BCUT2D eigenvalue weighted by molar-refractivity contribution is -0.143. The zero-order valence-electron chi connectivity index (χ0n) is 44.2. The SMILES string of the molecule is CCCC/C=C\CCCCCCCC(=O)OCCCCCCCCCCCCCC/C=C\CCCCCCCCCCCCCC(=O)NC(CO)C(O)/C=C/CCCCCCCCCCC. The van der Waals surface area contributed by atoms with Crippen LogP contribution in [0.5, 0.6) is 0 Å². The van der Waals surface area contributed by atoms with Crippen LogP contribution in [0.1, 0.15) is 309 Å². The first-order valence-electron chi connectivity index (χ1n) is 29.3. The van der Waals surface area contributed by atoms with Crippen LogP contribution in [0.2, 0.25) is 0 Å². The van der Waals surface area contributed by atoms with Gasteiger partial charge in [0.25, 0.3) is 0 Å². The Balaban J connectivity index is 3.39. The maximum Gasteiger partial charge on any atom is 0.305 e. The number of esters is 1. The highest BCUT2D eigenvalue weighted by Crippen LogP contribution is 2.16. The molecule has 66 heavy (non-hydrogen) atoms. The number of unbranched alkanes of at least 4 members (excludes halogenated alkanes) is 39. The maximum atomic E-state index is 12.4. The molecule has 0 spiro atoms. The zero-order valence-corrected chi connectivity index (χ0v) is 44.2. The van der Waals surface area contributed by atoms with Crippen molar-refractivity contribution in [2.45, 2.75) is 321 Å². The maximum absolute atomic E-state index is 12.4. The van der Waals surface area contributed by atoms with Crippen LogP contribution in [0, 0.1) is 0 Å². The first kappa shape index (κ1) is 64.1. The summed E-state index contributed by atoms with van der Waals surface area (Å²) in [6.07, 6.45) is 69.0. The zero-order chi connectivity index (χ0) is 47.9. The van der Waals surface area contributed by atoms with E-state index in [2.05, 4.69) is 43.5 Å². The fourth-order valence-corrected chi connectivity index (χ4v) is 8.84. The molecule has 6 nitrogen and oxygen atoms in total. The topological polar surface area (TPSA) is 95.9 Å². The van der Waals surface area contributed by atoms with Crippen molar-refractivity contribution in [1.82, 2.24) is 5.32 Å². The van der Waals surface area contributed by atoms with Gasteiger partial charge in [-0.3, -0.25) is 9.59 Å². The molecule has 0 aromatic carbocycles. The molecule has 0 heterocycles. The standard InChI is InChI=1S/C60H113NO5/c1-3-5-7-9-11-13-32-36-40-44-48-52-58(63)57(56-62)61-59(64)53-49-45-41-37-34-30-28-26-24-22-20-18-16-15-17-19-21-23-25-27-29-31-35-39-43-47-51-55-66-60(65)54-50-46-42-38-33-14-12-10-8-6-4-2/h10,12,15-16,48,52,57-58,62-63H,3-9,11,13-14,17-47,49-51,53-56H2,1-2H3,(H,61,64)/b12-10-,16-15-,52-48+. The smallest absolute Gasteiger partial charge is 0.305 e. The van der Waals surface area contributed by atoms with Gasteiger partial charge in [-0.05, 0) is 77.0 Å². The van der Waals surface area contributed by atoms with Gasteiger partial charge >= 0.3 is 5.97 Å². The van der Waals surface area contributed by atoms with Crippen molar-refractivity contribution in [1.29, 1.82) is 0 Å². The molecule has 0 aromatic heterocycles. The summed E-state index contributed by atoms with van der Waals surface area (Å²) in [7, 11) is 0. The quantitative estimate of drug-likeness (QED) is 0.0321. The number of rotatable bonds is 54. The molecule has 2 atom stereocenters. The van der Waals surface area contributed by atoms with E-state index in [1.165, 1.54) is 238 Å². The summed E-state index contributed by atoms with van der Waals surface area (Å²) in [4.78, 5) is 24.4. The summed E-state index contributed by atoms with van der Waals surface area (Å²) in [6.45, 7) is 4.85. The molecule has 2 unspecified atom stereocenters. The van der Waals surface area contributed by atoms with Crippen molar-refractivity contribution in [2.24, 2.45) is 0 Å². The van der Waals surface area contributed by atoms with Gasteiger partial charge in [-0.2, -0.15) is 0 Å². The molecule has 3 N–H and O–H groups in total. The highest BCUT2D eigenvalue weighted by molar-refractivity contribution is 5.76. The van der Waals surface area contributed by atoms with Crippen LogP contribution >= 0.6 is 0 Å². The average molecular weight is 929 g/mol. The lowest BCUT2D eigenvalue weighted by Crippen LogP contribution is -2.45. The molecule has 0 aliphatic heterocycles. The Labute approximate surface area is 411 Å². The summed E-state index contributed by atoms with van der Waals surface area (Å²) >= 11 is 0. The van der Waals surface area contributed by atoms with Crippen LogP contribution in [0.4, 0.5) is 0 Å². The van der Waals surface area contributed by atoms with E-state index in [0.29, 0.717) is 19.4 Å². The van der Waals surface area contributed by atoms with Crippen molar-refractivity contribution < 1.29 is 24.5 Å². The average Bonchev–Trinajstić information content (AvgIpc) is 3.32. The Morgan fingerprint density at radius 1 is 0.409 bits per heavy atom. The molecule has 0 aliphatic rings. The molecule has 0 radical (unpaired) electrons. The molecule has 0 bridgehead atoms. The number of nitrogens with one attached hydrogen (secondary N) is 1. The van der Waals surface area contributed by atoms with Crippen LogP contribution < -0.4 is 5.32 Å². The third-order valence-corrected chi connectivity index (χ3v) is 13.4. The summed E-state index contributed by atoms with van der Waals surface area (Å²) in [5.74, 6) is -0.0668. The van der Waals surface area contributed by atoms with E-state index in [9.17, 15) is 19.8 Å². The molecular weight excluding hydrogens is 815 g/mol. The number of hydrogen-bond donors (Lipinski definition) is 3. The first-order valence-corrected chi connectivity index (χ1v) is 29.3. The number of allylic oxidation sites excluding steroid dienone is 5. The third kappa shape index (κ3) is 51.5. The van der Waals surface area contributed by atoms with Crippen molar-refractivity contribution in [3.63, 3.8) is 0 Å². The highest BCUT2D eigenvalue weighted by atomic mass is 16.5. The predicted molar refractivity (Wildman–Crippen MR) is 287 cm³/mol. The second-order valence-electron chi connectivity index (χ2n) is 20.0. The second kappa shape index (κ2) is 55.7. The number of carbonyl (C=O) groups is 2. The summed E-state index contributed by atoms with van der Waals surface area (Å²) in [5, 5.41) is 23.0. The number of amides is 1. The molecule has 388 valence electrons. The van der Waals surface area contributed by atoms with Crippen LogP contribution in [0.25, 0.3) is 0 Å². The van der Waals surface area contributed by atoms with Gasteiger partial charge in [-0.1, -0.05) is 256 Å². The molecule has 6 heteroatoms. The summed E-state index contributed by atoms with van der Waals surface area (Å²) in [5.41, 5.74) is 0. The van der Waals surface area contributed by atoms with Gasteiger partial charge in [0.1, 0.15) is 0 Å². The van der Waals surface area contributed by atoms with E-state index in [0.717, 1.165) is 44.9 Å². The van der Waals surface area contributed by atoms with E-state index < -0.39 is 12.1 Å². The number of hydrogen-bond acceptors (Lipinski definition) is 5. The molecule has 0 rings (SSSR count). The molecular formula is C60H113NO5. The number of carbonyl (C=O) groups excluding carboxylic acids is 2. The number of ether oxygens (including phenoxy) is 1. The fourth-order valence-electron chi connectivity index (χ4n) is 8.84. The van der Waals surface area contributed by atoms with Gasteiger partial charge < -0.3 is 20.3 Å². The van der Waals surface area contributed by atoms with Crippen molar-refractivity contribution >= 4 is 11.9 Å². The normalized spacial score (nSPS) is 12.8. The fraction of sp³-hybridized carbons (Fsp3) is 0.867. The summed E-state index contributed by atoms with van der Waals surface area (Å²) < 4.78 is 5.46. The third-order valence-electron chi connectivity index (χ3n) is 13.4. The van der Waals surface area contributed by atoms with Gasteiger partial charge in [0, 0.05) is 12.8 Å². The van der Waals surface area contributed by atoms with Crippen LogP contribution in [-0.2, 0) is 14.3 Å². The minimum atomic E-state index is -0.843. The minimum absolute atomic E-state index is 0.00317. The van der Waals surface area contributed by atoms with E-state index in [-0.39, 0.29) is 18.5 Å². The van der Waals surface area contributed by atoms with Gasteiger partial charge in [-0.15, -0.1) is 0 Å². The second-order valence-corrected chi connectivity index (χ2v) is 20.0. The molecule has 0 aromatic rings. The lowest BCUT2D eigenvalue weighted by Gasteiger charge is -2.20. The summed E-state index contributed by atoms with van der Waals surface area (Å²) in [6, 6.07) is -0.627. The van der Waals surface area contributed by atoms with Crippen LogP contribution in [0.3, 0.4) is 0 Å². The molecule has 1 amide bonds. The van der Waals surface area contributed by atoms with Crippen molar-refractivity contribution in [3.05, 3.63) is 36.5 Å². The van der Waals surface area contributed by atoms with Gasteiger partial charge in [-0.25, -0.2) is 0 Å². The van der Waals surface area contributed by atoms with E-state index in [1.807, 2.05) is 6.08 Å². The van der Waals surface area contributed by atoms with Gasteiger partial charge in [0.05, 0.1) is 25.4 Å². The molecule has 0 saturated carbocycles. The van der Waals surface area contributed by atoms with Crippen LogP contribution in [-0.4, -0.2) is 47.4 Å². The molecule has 0 aliphatic carbocycles. The Morgan fingerprint density at radius 3 is 1.12 bits per heavy atom. The monoisotopic (exact) mass is 928 g/mol. The Kier molecular flexibility index (Phi) is 54.1. The Bertz CT molecular complexity index is 1070. The van der Waals surface area contributed by atoms with Crippen molar-refractivity contribution in [3.8, 4) is 0 Å². The Hall–Kier alpha value is -1.92. The molecule has 0 fully saturated rings. The predicted octanol–water partition coefficient (Wildman–Crippen LogP) is 18.0. The van der Waals surface area contributed by atoms with Gasteiger partial charge in [0.15, 0.2) is 0 Å². The molecule has 0 saturated heterocycles. The van der Waals surface area contributed by atoms with Crippen molar-refractivity contribution in [2.75, 3.05) is 13.2 Å². The van der Waals surface area contributed by atoms with E-state index in [4.69, 9.17) is 4.74 Å². The lowest BCUT2D eigenvalue weighted by atomic mass is 10.0. The largest absolute Gasteiger partial charge is 0.466 e. The minimum Gasteiger partial charge on any atom is -0.466 e. The van der Waals surface area contributed by atoms with Crippen LogP contribution in [0.15, 0.2) is 36.5 Å². The van der Waals surface area contributed by atoms with E-state index >= 15 is 0 Å². The number of aliphatic hydroxyl groups excluding tert-OH is 2. The Morgan fingerprint density at radius 2 is 0.727 bits per heavy atom. The first-order chi connectivity index (χ1) is 32.5. The highest BCUT2D eigenvalue weighted by Gasteiger charge is 2.18. The van der Waals surface area contributed by atoms with Gasteiger partial charge in [0.2, 0.25) is 5.91 Å². The number of aliphatic hydroxyl groups is 2. The van der Waals surface area contributed by atoms with E-state index in [1.54, 1.807) is 6.08 Å².